The van der Waals surface area contributed by atoms with Crippen LogP contribution in [0.5, 0.6) is 0 Å². The number of hydrogen-bond acceptors (Lipinski definition) is 3. The lowest BCUT2D eigenvalue weighted by molar-refractivity contribution is 0.0744. The predicted molar refractivity (Wildman–Crippen MR) is 92.6 cm³/mol. The Bertz CT molecular complexity index is 212. The molecule has 0 fully saturated rings. The SMILES string of the molecule is CCCCO[Si](CCCCCC(C)C)(OC)OCCCC. The average molecular weight is 319 g/mol. The molecule has 0 unspecified atom stereocenters. The van der Waals surface area contributed by atoms with Gasteiger partial charge in [0.15, 0.2) is 0 Å². The Labute approximate surface area is 134 Å². The summed E-state index contributed by atoms with van der Waals surface area (Å²) in [5, 5.41) is 0. The van der Waals surface area contributed by atoms with Gasteiger partial charge in [-0.3, -0.25) is 0 Å². The smallest absolute Gasteiger partial charge is 0.377 e. The van der Waals surface area contributed by atoms with Gasteiger partial charge in [0.2, 0.25) is 0 Å². The van der Waals surface area contributed by atoms with E-state index in [-0.39, 0.29) is 0 Å². The van der Waals surface area contributed by atoms with Gasteiger partial charge in [0.25, 0.3) is 0 Å². The zero-order chi connectivity index (χ0) is 16.0. The molecule has 0 spiro atoms. The van der Waals surface area contributed by atoms with Crippen molar-refractivity contribution in [2.75, 3.05) is 20.3 Å². The molecule has 0 heterocycles. The van der Waals surface area contributed by atoms with Crippen LogP contribution in [0.2, 0.25) is 6.04 Å². The second kappa shape index (κ2) is 13.7. The molecule has 0 saturated heterocycles. The third-order valence-electron chi connectivity index (χ3n) is 3.72. The van der Waals surface area contributed by atoms with Gasteiger partial charge in [0, 0.05) is 26.4 Å². The maximum atomic E-state index is 6.09. The van der Waals surface area contributed by atoms with Crippen LogP contribution in [0.25, 0.3) is 0 Å². The Balaban J connectivity index is 4.18. The van der Waals surface area contributed by atoms with Gasteiger partial charge in [-0.25, -0.2) is 0 Å². The highest BCUT2D eigenvalue weighted by molar-refractivity contribution is 6.60. The van der Waals surface area contributed by atoms with Crippen molar-refractivity contribution in [1.29, 1.82) is 0 Å². The molecule has 0 bridgehead atoms. The van der Waals surface area contributed by atoms with Crippen LogP contribution in [0.4, 0.5) is 0 Å². The van der Waals surface area contributed by atoms with E-state index in [1.165, 1.54) is 19.3 Å². The van der Waals surface area contributed by atoms with E-state index in [1.54, 1.807) is 7.11 Å². The molecule has 128 valence electrons. The van der Waals surface area contributed by atoms with Gasteiger partial charge < -0.3 is 13.3 Å². The van der Waals surface area contributed by atoms with E-state index in [0.717, 1.165) is 57.3 Å². The van der Waals surface area contributed by atoms with E-state index in [1.807, 2.05) is 0 Å². The van der Waals surface area contributed by atoms with Crippen molar-refractivity contribution < 1.29 is 13.3 Å². The van der Waals surface area contributed by atoms with Crippen molar-refractivity contribution in [2.24, 2.45) is 5.92 Å². The average Bonchev–Trinajstić information content (AvgIpc) is 2.46. The molecule has 0 aliphatic carbocycles. The summed E-state index contributed by atoms with van der Waals surface area (Å²) < 4.78 is 17.9. The van der Waals surface area contributed by atoms with E-state index in [0.29, 0.717) is 0 Å². The summed E-state index contributed by atoms with van der Waals surface area (Å²) in [5.74, 6) is 0.802. The fourth-order valence-electron chi connectivity index (χ4n) is 2.22. The fraction of sp³-hybridized carbons (Fsp3) is 1.00. The minimum atomic E-state index is -2.42. The van der Waals surface area contributed by atoms with E-state index >= 15 is 0 Å². The predicted octanol–water partition coefficient (Wildman–Crippen LogP) is 5.42. The van der Waals surface area contributed by atoms with Crippen LogP contribution in [-0.2, 0) is 13.3 Å². The van der Waals surface area contributed by atoms with Crippen LogP contribution in [0.1, 0.15) is 79.1 Å². The van der Waals surface area contributed by atoms with Crippen molar-refractivity contribution in [2.45, 2.75) is 85.1 Å². The van der Waals surface area contributed by atoms with E-state index < -0.39 is 8.80 Å². The molecular weight excluding hydrogens is 280 g/mol. The number of hydrogen-bond donors (Lipinski definition) is 0. The molecule has 0 rings (SSSR count). The molecule has 0 aliphatic heterocycles. The summed E-state index contributed by atoms with van der Waals surface area (Å²) in [6.45, 7) is 10.5. The highest BCUT2D eigenvalue weighted by atomic mass is 28.4. The lowest BCUT2D eigenvalue weighted by Gasteiger charge is -2.28. The van der Waals surface area contributed by atoms with Gasteiger partial charge in [0.05, 0.1) is 0 Å². The molecular formula is C17H38O3Si. The first-order chi connectivity index (χ1) is 10.1. The Hall–Kier alpha value is 0.0969. The molecule has 0 atom stereocenters. The second-order valence-corrected chi connectivity index (χ2v) is 9.14. The van der Waals surface area contributed by atoms with Crippen LogP contribution in [0, 0.1) is 5.92 Å². The highest BCUT2D eigenvalue weighted by Crippen LogP contribution is 2.21. The van der Waals surface area contributed by atoms with E-state index in [4.69, 9.17) is 13.3 Å². The molecule has 3 nitrogen and oxygen atoms in total. The normalized spacial score (nSPS) is 12.3. The second-order valence-electron chi connectivity index (χ2n) is 6.28. The minimum absolute atomic E-state index is 0.773. The van der Waals surface area contributed by atoms with Crippen LogP contribution in [0.15, 0.2) is 0 Å². The summed E-state index contributed by atoms with van der Waals surface area (Å²) in [4.78, 5) is 0. The van der Waals surface area contributed by atoms with Crippen molar-refractivity contribution in [3.8, 4) is 0 Å². The topological polar surface area (TPSA) is 27.7 Å². The molecule has 21 heavy (non-hydrogen) atoms. The summed E-state index contributed by atoms with van der Waals surface area (Å²) in [7, 11) is -0.659. The summed E-state index contributed by atoms with van der Waals surface area (Å²) in [6.07, 6.45) is 9.50. The molecule has 0 aromatic carbocycles. The first-order valence-electron chi connectivity index (χ1n) is 8.93. The molecule has 0 aromatic rings. The summed E-state index contributed by atoms with van der Waals surface area (Å²) >= 11 is 0. The zero-order valence-corrected chi connectivity index (χ0v) is 16.1. The minimum Gasteiger partial charge on any atom is -0.377 e. The Morgan fingerprint density at radius 1 is 0.810 bits per heavy atom. The van der Waals surface area contributed by atoms with E-state index in [2.05, 4.69) is 27.7 Å². The summed E-state index contributed by atoms with van der Waals surface area (Å²) in [5.41, 5.74) is 0. The molecule has 0 radical (unpaired) electrons. The van der Waals surface area contributed by atoms with Gasteiger partial charge in [0.1, 0.15) is 0 Å². The van der Waals surface area contributed by atoms with Crippen LogP contribution in [-0.4, -0.2) is 29.1 Å². The Morgan fingerprint density at radius 3 is 1.81 bits per heavy atom. The quantitative estimate of drug-likeness (QED) is 0.298. The maximum Gasteiger partial charge on any atom is 0.500 e. The third-order valence-corrected chi connectivity index (χ3v) is 6.59. The van der Waals surface area contributed by atoms with Crippen LogP contribution < -0.4 is 0 Å². The van der Waals surface area contributed by atoms with Crippen LogP contribution in [0.3, 0.4) is 0 Å². The van der Waals surface area contributed by atoms with Crippen molar-refractivity contribution >= 4 is 8.80 Å². The fourth-order valence-corrected chi connectivity index (χ4v) is 4.63. The molecule has 0 amide bonds. The lowest BCUT2D eigenvalue weighted by atomic mass is 10.1. The first kappa shape index (κ1) is 21.1. The standard InChI is InChI=1S/C17H38O3Si/c1-6-8-14-19-21(18-5,20-15-9-7-2)16-12-10-11-13-17(3)4/h17H,6-16H2,1-5H3. The zero-order valence-electron chi connectivity index (χ0n) is 15.1. The number of unbranched alkanes of at least 4 members (excludes halogenated alkanes) is 4. The van der Waals surface area contributed by atoms with Gasteiger partial charge in [-0.15, -0.1) is 0 Å². The van der Waals surface area contributed by atoms with Crippen molar-refractivity contribution in [1.82, 2.24) is 0 Å². The molecule has 0 N–H and O–H groups in total. The number of rotatable bonds is 15. The summed E-state index contributed by atoms with van der Waals surface area (Å²) in [6, 6.07) is 0.967. The molecule has 0 saturated carbocycles. The lowest BCUT2D eigenvalue weighted by Crippen LogP contribution is -2.45. The van der Waals surface area contributed by atoms with Gasteiger partial charge in [-0.1, -0.05) is 59.8 Å². The molecule has 0 aliphatic rings. The van der Waals surface area contributed by atoms with Gasteiger partial charge in [-0.05, 0) is 25.2 Å². The molecule has 4 heteroatoms. The third kappa shape index (κ3) is 11.3. The monoisotopic (exact) mass is 318 g/mol. The van der Waals surface area contributed by atoms with Crippen molar-refractivity contribution in [3.63, 3.8) is 0 Å². The van der Waals surface area contributed by atoms with Crippen molar-refractivity contribution in [3.05, 3.63) is 0 Å². The van der Waals surface area contributed by atoms with Gasteiger partial charge in [-0.2, -0.15) is 0 Å². The Morgan fingerprint density at radius 2 is 1.38 bits per heavy atom. The van der Waals surface area contributed by atoms with Crippen LogP contribution >= 0.6 is 0 Å². The molecule has 0 aromatic heterocycles. The highest BCUT2D eigenvalue weighted by Gasteiger charge is 2.39. The Kier molecular flexibility index (Phi) is 13.8. The van der Waals surface area contributed by atoms with E-state index in [9.17, 15) is 0 Å². The largest absolute Gasteiger partial charge is 0.500 e. The van der Waals surface area contributed by atoms with Gasteiger partial charge >= 0.3 is 8.80 Å². The first-order valence-corrected chi connectivity index (χ1v) is 10.9. The maximum absolute atomic E-state index is 6.09.